The molecule has 0 aliphatic carbocycles. The molecule has 0 radical (unpaired) electrons. The summed E-state index contributed by atoms with van der Waals surface area (Å²) in [4.78, 5) is 23.1. The van der Waals surface area contributed by atoms with E-state index in [0.29, 0.717) is 17.9 Å². The quantitative estimate of drug-likeness (QED) is 0.861. The molecule has 21 heavy (non-hydrogen) atoms. The summed E-state index contributed by atoms with van der Waals surface area (Å²) in [6.45, 7) is 3.64. The molecule has 6 nitrogen and oxygen atoms in total. The summed E-state index contributed by atoms with van der Waals surface area (Å²) in [6.07, 6.45) is -0.409. The lowest BCUT2D eigenvalue weighted by Gasteiger charge is -2.32. The van der Waals surface area contributed by atoms with E-state index in [1.54, 1.807) is 25.1 Å². The fourth-order valence-electron chi connectivity index (χ4n) is 2.12. The molecule has 1 heterocycles. The van der Waals surface area contributed by atoms with Crippen LogP contribution < -0.4 is 14.8 Å². The molecule has 6 heteroatoms. The van der Waals surface area contributed by atoms with Crippen LogP contribution in [-0.2, 0) is 9.59 Å². The number of carboxylic acids is 1. The number of fused-ring (bicyclic) bond motifs is 1. The van der Waals surface area contributed by atoms with Crippen molar-refractivity contribution >= 4 is 11.9 Å². The Morgan fingerprint density at radius 2 is 2.05 bits per heavy atom. The van der Waals surface area contributed by atoms with Gasteiger partial charge in [-0.05, 0) is 25.5 Å². The van der Waals surface area contributed by atoms with Crippen LogP contribution in [0.4, 0.5) is 0 Å². The lowest BCUT2D eigenvalue weighted by atomic mass is 9.94. The SMILES string of the molecule is CC[C@](C)(CC(=O)O)NC(=O)[C@H]1COc2ccccc2O1. The van der Waals surface area contributed by atoms with Gasteiger partial charge in [-0.1, -0.05) is 19.1 Å². The summed E-state index contributed by atoms with van der Waals surface area (Å²) >= 11 is 0. The molecule has 0 fully saturated rings. The van der Waals surface area contributed by atoms with E-state index in [0.717, 1.165) is 0 Å². The van der Waals surface area contributed by atoms with Crippen LogP contribution in [0.1, 0.15) is 26.7 Å². The zero-order valence-corrected chi connectivity index (χ0v) is 12.1. The van der Waals surface area contributed by atoms with Crippen molar-refractivity contribution in [3.8, 4) is 11.5 Å². The van der Waals surface area contributed by atoms with Crippen LogP contribution in [0, 0.1) is 0 Å². The highest BCUT2D eigenvalue weighted by Gasteiger charge is 2.33. The Hall–Kier alpha value is -2.24. The van der Waals surface area contributed by atoms with Crippen molar-refractivity contribution in [1.82, 2.24) is 5.32 Å². The number of ether oxygens (including phenoxy) is 2. The van der Waals surface area contributed by atoms with E-state index in [1.165, 1.54) is 0 Å². The molecule has 0 saturated heterocycles. The highest BCUT2D eigenvalue weighted by molar-refractivity contribution is 5.83. The van der Waals surface area contributed by atoms with Crippen molar-refractivity contribution in [2.45, 2.75) is 38.3 Å². The van der Waals surface area contributed by atoms with Gasteiger partial charge in [0, 0.05) is 5.54 Å². The van der Waals surface area contributed by atoms with Gasteiger partial charge in [-0.3, -0.25) is 9.59 Å². The van der Waals surface area contributed by atoms with Gasteiger partial charge in [0.2, 0.25) is 6.10 Å². The summed E-state index contributed by atoms with van der Waals surface area (Å²) in [6, 6.07) is 7.11. The first-order valence-corrected chi connectivity index (χ1v) is 6.86. The van der Waals surface area contributed by atoms with Crippen LogP contribution in [-0.4, -0.2) is 35.2 Å². The smallest absolute Gasteiger partial charge is 0.305 e. The molecule has 0 aromatic heterocycles. The number of nitrogens with one attached hydrogen (secondary N) is 1. The van der Waals surface area contributed by atoms with Gasteiger partial charge < -0.3 is 19.9 Å². The van der Waals surface area contributed by atoms with Gasteiger partial charge in [-0.25, -0.2) is 0 Å². The minimum Gasteiger partial charge on any atom is -0.485 e. The zero-order chi connectivity index (χ0) is 15.5. The van der Waals surface area contributed by atoms with Crippen LogP contribution in [0.2, 0.25) is 0 Å². The number of benzene rings is 1. The fraction of sp³-hybridized carbons (Fsp3) is 0.467. The number of hydrogen-bond acceptors (Lipinski definition) is 4. The molecule has 0 bridgehead atoms. The van der Waals surface area contributed by atoms with Gasteiger partial charge in [0.05, 0.1) is 6.42 Å². The minimum atomic E-state index is -0.953. The van der Waals surface area contributed by atoms with Gasteiger partial charge in [0.25, 0.3) is 5.91 Å². The minimum absolute atomic E-state index is 0.107. The zero-order valence-electron chi connectivity index (χ0n) is 12.1. The van der Waals surface area contributed by atoms with Gasteiger partial charge in [0.1, 0.15) is 6.61 Å². The summed E-state index contributed by atoms with van der Waals surface area (Å²) in [7, 11) is 0. The first kappa shape index (κ1) is 15.2. The van der Waals surface area contributed by atoms with E-state index < -0.39 is 17.6 Å². The predicted octanol–water partition coefficient (Wildman–Crippen LogP) is 1.59. The van der Waals surface area contributed by atoms with E-state index in [-0.39, 0.29) is 18.9 Å². The largest absolute Gasteiger partial charge is 0.485 e. The summed E-state index contributed by atoms with van der Waals surface area (Å²) in [5, 5.41) is 11.7. The van der Waals surface area contributed by atoms with Crippen molar-refractivity contribution in [3.05, 3.63) is 24.3 Å². The maximum Gasteiger partial charge on any atom is 0.305 e. The number of amides is 1. The molecular formula is C15H19NO5. The monoisotopic (exact) mass is 293 g/mol. The van der Waals surface area contributed by atoms with Gasteiger partial charge in [-0.2, -0.15) is 0 Å². The number of carboxylic acid groups (broad SMARTS) is 1. The van der Waals surface area contributed by atoms with Crippen LogP contribution >= 0.6 is 0 Å². The average molecular weight is 293 g/mol. The first-order valence-electron chi connectivity index (χ1n) is 6.86. The lowest BCUT2D eigenvalue weighted by molar-refractivity contribution is -0.139. The Labute approximate surface area is 123 Å². The normalized spacial score (nSPS) is 19.4. The molecule has 1 aromatic rings. The Kier molecular flexibility index (Phi) is 4.35. The predicted molar refractivity (Wildman–Crippen MR) is 75.4 cm³/mol. The molecule has 1 amide bonds. The molecule has 2 N–H and O–H groups in total. The topological polar surface area (TPSA) is 84.9 Å². The maximum atomic E-state index is 12.3. The molecule has 1 aromatic carbocycles. The van der Waals surface area contributed by atoms with Gasteiger partial charge >= 0.3 is 5.97 Å². The second-order valence-corrected chi connectivity index (χ2v) is 5.34. The van der Waals surface area contributed by atoms with Crippen LogP contribution in [0.15, 0.2) is 24.3 Å². The summed E-state index contributed by atoms with van der Waals surface area (Å²) in [5.41, 5.74) is -0.802. The number of hydrogen-bond donors (Lipinski definition) is 2. The number of aliphatic carboxylic acids is 1. The van der Waals surface area contributed by atoms with Crippen molar-refractivity contribution in [2.75, 3.05) is 6.61 Å². The Morgan fingerprint density at radius 1 is 1.38 bits per heavy atom. The van der Waals surface area contributed by atoms with E-state index in [4.69, 9.17) is 14.6 Å². The van der Waals surface area contributed by atoms with Crippen molar-refractivity contribution < 1.29 is 24.2 Å². The van der Waals surface area contributed by atoms with Gasteiger partial charge in [-0.15, -0.1) is 0 Å². The average Bonchev–Trinajstić information content (AvgIpc) is 2.45. The fourth-order valence-corrected chi connectivity index (χ4v) is 2.12. The Bertz CT molecular complexity index is 545. The first-order chi connectivity index (χ1) is 9.93. The third-order valence-corrected chi connectivity index (χ3v) is 3.55. The number of carbonyl (C=O) groups excluding carboxylic acids is 1. The molecule has 2 rings (SSSR count). The molecule has 0 spiro atoms. The molecule has 0 saturated carbocycles. The Morgan fingerprint density at radius 3 is 2.67 bits per heavy atom. The molecular weight excluding hydrogens is 274 g/mol. The summed E-state index contributed by atoms with van der Waals surface area (Å²) < 4.78 is 11.1. The van der Waals surface area contributed by atoms with Crippen LogP contribution in [0.3, 0.4) is 0 Å². The van der Waals surface area contributed by atoms with Crippen molar-refractivity contribution in [1.29, 1.82) is 0 Å². The Balaban J connectivity index is 2.03. The van der Waals surface area contributed by atoms with E-state index in [9.17, 15) is 9.59 Å². The second kappa shape index (κ2) is 6.03. The highest BCUT2D eigenvalue weighted by Crippen LogP contribution is 2.31. The number of rotatable bonds is 5. The molecule has 1 aliphatic heterocycles. The molecule has 1 aliphatic rings. The standard InChI is InChI=1S/C15H19NO5/c1-3-15(2,8-13(17)18)16-14(19)12-9-20-10-6-4-5-7-11(10)21-12/h4-7,12H,3,8-9H2,1-2H3,(H,16,19)(H,17,18)/t12-,15-/m1/s1. The molecule has 114 valence electrons. The van der Waals surface area contributed by atoms with Crippen molar-refractivity contribution in [2.24, 2.45) is 0 Å². The third kappa shape index (κ3) is 3.65. The summed E-state index contributed by atoms with van der Waals surface area (Å²) in [5.74, 6) is -0.202. The highest BCUT2D eigenvalue weighted by atomic mass is 16.6. The van der Waals surface area contributed by atoms with Crippen LogP contribution in [0.25, 0.3) is 0 Å². The maximum absolute atomic E-state index is 12.3. The molecule has 0 unspecified atom stereocenters. The second-order valence-electron chi connectivity index (χ2n) is 5.34. The third-order valence-electron chi connectivity index (χ3n) is 3.55. The molecule has 2 atom stereocenters. The van der Waals surface area contributed by atoms with Crippen molar-refractivity contribution in [3.63, 3.8) is 0 Å². The number of carbonyl (C=O) groups is 2. The number of para-hydroxylation sites is 2. The van der Waals surface area contributed by atoms with E-state index in [1.807, 2.05) is 13.0 Å². The van der Waals surface area contributed by atoms with Crippen LogP contribution in [0.5, 0.6) is 11.5 Å². The van der Waals surface area contributed by atoms with Gasteiger partial charge in [0.15, 0.2) is 11.5 Å². The lowest BCUT2D eigenvalue weighted by Crippen LogP contribution is -2.53. The van der Waals surface area contributed by atoms with E-state index >= 15 is 0 Å². The van der Waals surface area contributed by atoms with E-state index in [2.05, 4.69) is 5.32 Å².